The summed E-state index contributed by atoms with van der Waals surface area (Å²) in [5, 5.41) is 1.06. The first-order valence-corrected chi connectivity index (χ1v) is 8.31. The van der Waals surface area contributed by atoms with Gasteiger partial charge in [0.05, 0.1) is 17.4 Å². The standard InChI is InChI=1S/C15H10Br2N2S/c16-9-5-6-13-10(7-9)15(12(18)8-19-13)20-14-4-2-1-3-11(14)17/h1-8H,18H2. The summed E-state index contributed by atoms with van der Waals surface area (Å²) in [6, 6.07) is 14.1. The third kappa shape index (κ3) is 2.71. The van der Waals surface area contributed by atoms with E-state index < -0.39 is 0 Å². The number of benzene rings is 2. The van der Waals surface area contributed by atoms with E-state index in [0.717, 1.165) is 29.6 Å². The minimum absolute atomic E-state index is 0.691. The minimum Gasteiger partial charge on any atom is -0.397 e. The van der Waals surface area contributed by atoms with Crippen molar-refractivity contribution in [2.45, 2.75) is 9.79 Å². The molecule has 2 N–H and O–H groups in total. The smallest absolute Gasteiger partial charge is 0.0715 e. The molecule has 0 unspecified atom stereocenters. The van der Waals surface area contributed by atoms with E-state index in [1.807, 2.05) is 30.3 Å². The Morgan fingerprint density at radius 3 is 2.65 bits per heavy atom. The Hall–Kier alpha value is -1.04. The van der Waals surface area contributed by atoms with E-state index in [2.05, 4.69) is 49.0 Å². The van der Waals surface area contributed by atoms with Crippen molar-refractivity contribution in [1.29, 1.82) is 0 Å². The molecule has 1 heterocycles. The molecule has 2 nitrogen and oxygen atoms in total. The topological polar surface area (TPSA) is 38.9 Å². The lowest BCUT2D eigenvalue weighted by molar-refractivity contribution is 1.34. The molecule has 0 fully saturated rings. The predicted molar refractivity (Wildman–Crippen MR) is 92.1 cm³/mol. The number of fused-ring (bicyclic) bond motifs is 1. The highest BCUT2D eigenvalue weighted by Crippen LogP contribution is 2.40. The van der Waals surface area contributed by atoms with Crippen LogP contribution in [0.2, 0.25) is 0 Å². The van der Waals surface area contributed by atoms with Gasteiger partial charge in [-0.1, -0.05) is 39.8 Å². The molecule has 3 aromatic rings. The molecule has 1 aromatic heterocycles. The zero-order chi connectivity index (χ0) is 14.1. The molecule has 0 bridgehead atoms. The first-order valence-electron chi connectivity index (χ1n) is 5.91. The predicted octanol–water partition coefficient (Wildman–Crippen LogP) is 5.49. The molecule has 0 atom stereocenters. The van der Waals surface area contributed by atoms with Gasteiger partial charge in [0.1, 0.15) is 0 Å². The highest BCUT2D eigenvalue weighted by atomic mass is 79.9. The third-order valence-corrected chi connectivity index (χ3v) is 5.54. The van der Waals surface area contributed by atoms with Crippen molar-refractivity contribution in [3.63, 3.8) is 0 Å². The lowest BCUT2D eigenvalue weighted by Crippen LogP contribution is -1.92. The van der Waals surface area contributed by atoms with Gasteiger partial charge in [-0.05, 0) is 46.3 Å². The normalized spacial score (nSPS) is 10.9. The van der Waals surface area contributed by atoms with Crippen LogP contribution in [0.25, 0.3) is 10.9 Å². The SMILES string of the molecule is Nc1cnc2ccc(Br)cc2c1Sc1ccccc1Br. The molecule has 0 aliphatic rings. The highest BCUT2D eigenvalue weighted by molar-refractivity contribution is 9.10. The molecule has 100 valence electrons. The van der Waals surface area contributed by atoms with Crippen LogP contribution in [-0.4, -0.2) is 4.98 Å². The molecule has 2 aromatic carbocycles. The Kier molecular flexibility index (Phi) is 4.01. The molecule has 0 spiro atoms. The molecule has 0 saturated carbocycles. The van der Waals surface area contributed by atoms with Crippen molar-refractivity contribution in [3.05, 3.63) is 57.6 Å². The number of rotatable bonds is 2. The summed E-state index contributed by atoms with van der Waals surface area (Å²) in [4.78, 5) is 6.54. The van der Waals surface area contributed by atoms with Gasteiger partial charge in [-0.3, -0.25) is 4.98 Å². The number of aromatic nitrogens is 1. The van der Waals surface area contributed by atoms with Crippen molar-refractivity contribution >= 4 is 60.2 Å². The largest absolute Gasteiger partial charge is 0.397 e. The van der Waals surface area contributed by atoms with Crippen molar-refractivity contribution < 1.29 is 0 Å². The second kappa shape index (κ2) is 5.76. The summed E-state index contributed by atoms with van der Waals surface area (Å²) in [5.41, 5.74) is 7.75. The Bertz CT molecular complexity index is 785. The van der Waals surface area contributed by atoms with Crippen LogP contribution in [0.5, 0.6) is 0 Å². The minimum atomic E-state index is 0.691. The maximum atomic E-state index is 6.12. The summed E-state index contributed by atoms with van der Waals surface area (Å²) in [5.74, 6) is 0. The summed E-state index contributed by atoms with van der Waals surface area (Å²) in [7, 11) is 0. The van der Waals surface area contributed by atoms with Crippen molar-refractivity contribution in [2.24, 2.45) is 0 Å². The second-order valence-corrected chi connectivity index (χ2v) is 7.06. The lowest BCUT2D eigenvalue weighted by atomic mass is 10.2. The Morgan fingerprint density at radius 1 is 1.05 bits per heavy atom. The summed E-state index contributed by atoms with van der Waals surface area (Å²) in [6.07, 6.45) is 1.72. The van der Waals surface area contributed by atoms with E-state index in [0.29, 0.717) is 5.69 Å². The van der Waals surface area contributed by atoms with E-state index in [-0.39, 0.29) is 0 Å². The van der Waals surface area contributed by atoms with Crippen LogP contribution in [-0.2, 0) is 0 Å². The summed E-state index contributed by atoms with van der Waals surface area (Å²) < 4.78 is 2.08. The fourth-order valence-corrected chi connectivity index (χ4v) is 3.77. The van der Waals surface area contributed by atoms with Gasteiger partial charge in [0.2, 0.25) is 0 Å². The molecule has 0 radical (unpaired) electrons. The van der Waals surface area contributed by atoms with Crippen LogP contribution in [0.15, 0.2) is 67.4 Å². The van der Waals surface area contributed by atoms with Gasteiger partial charge in [0.15, 0.2) is 0 Å². The number of halogens is 2. The van der Waals surface area contributed by atoms with Crippen LogP contribution >= 0.6 is 43.6 Å². The number of hydrogen-bond acceptors (Lipinski definition) is 3. The van der Waals surface area contributed by atoms with Crippen molar-refractivity contribution in [2.75, 3.05) is 5.73 Å². The molecular weight excluding hydrogens is 400 g/mol. The van der Waals surface area contributed by atoms with Gasteiger partial charge in [-0.15, -0.1) is 0 Å². The number of nitrogen functional groups attached to an aromatic ring is 1. The van der Waals surface area contributed by atoms with Gasteiger partial charge in [-0.25, -0.2) is 0 Å². The van der Waals surface area contributed by atoms with Crippen LogP contribution in [0.1, 0.15) is 0 Å². The fourth-order valence-electron chi connectivity index (χ4n) is 1.91. The van der Waals surface area contributed by atoms with Gasteiger partial charge < -0.3 is 5.73 Å². The molecule has 20 heavy (non-hydrogen) atoms. The molecule has 3 rings (SSSR count). The highest BCUT2D eigenvalue weighted by Gasteiger charge is 2.10. The summed E-state index contributed by atoms with van der Waals surface area (Å²) >= 11 is 8.72. The molecule has 0 aliphatic heterocycles. The van der Waals surface area contributed by atoms with E-state index >= 15 is 0 Å². The maximum absolute atomic E-state index is 6.12. The zero-order valence-corrected chi connectivity index (χ0v) is 14.3. The molecule has 0 saturated heterocycles. The van der Waals surface area contributed by atoms with E-state index in [4.69, 9.17) is 5.73 Å². The molecule has 0 aliphatic carbocycles. The Morgan fingerprint density at radius 2 is 1.85 bits per heavy atom. The third-order valence-electron chi connectivity index (χ3n) is 2.86. The van der Waals surface area contributed by atoms with Crippen molar-refractivity contribution in [3.8, 4) is 0 Å². The Balaban J connectivity index is 2.17. The van der Waals surface area contributed by atoms with E-state index in [1.165, 1.54) is 0 Å². The molecular formula is C15H10Br2N2S. The monoisotopic (exact) mass is 408 g/mol. The van der Waals surface area contributed by atoms with Crippen LogP contribution in [0, 0.1) is 0 Å². The van der Waals surface area contributed by atoms with E-state index in [1.54, 1.807) is 18.0 Å². The lowest BCUT2D eigenvalue weighted by Gasteiger charge is -2.10. The second-order valence-electron chi connectivity index (χ2n) is 4.24. The zero-order valence-electron chi connectivity index (χ0n) is 10.3. The first-order chi connectivity index (χ1) is 9.65. The summed E-state index contributed by atoms with van der Waals surface area (Å²) in [6.45, 7) is 0. The van der Waals surface area contributed by atoms with Crippen LogP contribution in [0.3, 0.4) is 0 Å². The maximum Gasteiger partial charge on any atom is 0.0715 e. The number of nitrogens with zero attached hydrogens (tertiary/aromatic N) is 1. The number of pyridine rings is 1. The molecule has 0 amide bonds. The number of hydrogen-bond donors (Lipinski definition) is 1. The quantitative estimate of drug-likeness (QED) is 0.607. The van der Waals surface area contributed by atoms with Gasteiger partial charge in [0, 0.05) is 24.1 Å². The van der Waals surface area contributed by atoms with E-state index in [9.17, 15) is 0 Å². The Labute approximate surface area is 138 Å². The average Bonchev–Trinajstić information content (AvgIpc) is 2.44. The van der Waals surface area contributed by atoms with Gasteiger partial charge in [0.25, 0.3) is 0 Å². The molecule has 5 heteroatoms. The number of nitrogens with two attached hydrogens (primary N) is 1. The van der Waals surface area contributed by atoms with Crippen molar-refractivity contribution in [1.82, 2.24) is 4.98 Å². The van der Waals surface area contributed by atoms with Crippen LogP contribution in [0.4, 0.5) is 5.69 Å². The van der Waals surface area contributed by atoms with Gasteiger partial charge in [-0.2, -0.15) is 0 Å². The average molecular weight is 410 g/mol. The van der Waals surface area contributed by atoms with Gasteiger partial charge >= 0.3 is 0 Å². The number of anilines is 1. The first kappa shape index (κ1) is 13.9. The fraction of sp³-hybridized carbons (Fsp3) is 0. The van der Waals surface area contributed by atoms with Crippen LogP contribution < -0.4 is 5.73 Å².